The van der Waals surface area contributed by atoms with Crippen LogP contribution in [0.15, 0.2) is 58.6 Å². The van der Waals surface area contributed by atoms with E-state index in [0.29, 0.717) is 41.9 Å². The van der Waals surface area contributed by atoms with Gasteiger partial charge in [0.15, 0.2) is 0 Å². The highest BCUT2D eigenvalue weighted by atomic mass is 16.4. The summed E-state index contributed by atoms with van der Waals surface area (Å²) >= 11 is 0. The van der Waals surface area contributed by atoms with Crippen LogP contribution in [0.2, 0.25) is 0 Å². The van der Waals surface area contributed by atoms with E-state index in [9.17, 15) is 15.2 Å². The van der Waals surface area contributed by atoms with E-state index in [1.807, 2.05) is 24.3 Å². The van der Waals surface area contributed by atoms with Crippen molar-refractivity contribution >= 4 is 23.8 Å². The molecule has 4 N–H and O–H groups in total. The molecule has 0 spiro atoms. The van der Waals surface area contributed by atoms with Gasteiger partial charge in [-0.1, -0.05) is 39.0 Å². The topological polar surface area (TPSA) is 163 Å². The summed E-state index contributed by atoms with van der Waals surface area (Å²) in [6.07, 6.45) is 2.45. The molecule has 2 heterocycles. The van der Waals surface area contributed by atoms with Crippen LogP contribution in [0.1, 0.15) is 56.3 Å². The number of nitrogens with one attached hydrogen (secondary N) is 1. The second-order valence-electron chi connectivity index (χ2n) is 9.92. The van der Waals surface area contributed by atoms with Crippen molar-refractivity contribution in [2.75, 3.05) is 5.32 Å². The highest BCUT2D eigenvalue weighted by Gasteiger charge is 2.51. The fourth-order valence-electron chi connectivity index (χ4n) is 3.64. The van der Waals surface area contributed by atoms with E-state index < -0.39 is 11.5 Å². The van der Waals surface area contributed by atoms with Crippen LogP contribution in [-0.2, 0) is 16.8 Å². The van der Waals surface area contributed by atoms with Gasteiger partial charge in [-0.3, -0.25) is 9.98 Å². The molecule has 4 rings (SSSR count). The van der Waals surface area contributed by atoms with Crippen LogP contribution in [0.3, 0.4) is 0 Å². The lowest BCUT2D eigenvalue weighted by molar-refractivity contribution is -0.138. The van der Waals surface area contributed by atoms with Crippen molar-refractivity contribution in [3.63, 3.8) is 0 Å². The van der Waals surface area contributed by atoms with Crippen LogP contribution in [0.25, 0.3) is 11.3 Å². The van der Waals surface area contributed by atoms with Gasteiger partial charge in [-0.05, 0) is 43.2 Å². The van der Waals surface area contributed by atoms with E-state index in [-0.39, 0.29) is 17.1 Å². The average molecular weight is 497 g/mol. The first-order chi connectivity index (χ1) is 17.6. The van der Waals surface area contributed by atoms with Crippen LogP contribution < -0.4 is 11.2 Å². The van der Waals surface area contributed by atoms with Gasteiger partial charge in [-0.15, -0.1) is 0 Å². The number of carbonyl (C=O) groups is 1. The van der Waals surface area contributed by atoms with Crippen LogP contribution in [0, 0.1) is 11.3 Å². The van der Waals surface area contributed by atoms with Crippen molar-refractivity contribution < 1.29 is 9.90 Å². The quantitative estimate of drug-likeness (QED) is 0.242. The predicted octanol–water partition coefficient (Wildman–Crippen LogP) is 3.67. The van der Waals surface area contributed by atoms with E-state index >= 15 is 0 Å². The second kappa shape index (κ2) is 10.1. The van der Waals surface area contributed by atoms with Gasteiger partial charge in [0.05, 0.1) is 41.5 Å². The number of carboxylic acid groups (broad SMARTS) is 1. The number of aliphatic imine (C=N–C) groups is 1. The summed E-state index contributed by atoms with van der Waals surface area (Å²) < 4.78 is 0. The number of anilines is 1. The second-order valence-corrected chi connectivity index (χ2v) is 9.92. The summed E-state index contributed by atoms with van der Waals surface area (Å²) in [5.74, 6) is 4.87. The molecule has 1 fully saturated rings. The van der Waals surface area contributed by atoms with Gasteiger partial charge in [0.2, 0.25) is 5.95 Å². The third-order valence-corrected chi connectivity index (χ3v) is 5.97. The minimum absolute atomic E-state index is 0.0813. The Hall–Kier alpha value is -4.65. The fraction of sp³-hybridized carbons (Fsp3) is 0.296. The van der Waals surface area contributed by atoms with Gasteiger partial charge < -0.3 is 16.3 Å². The molecule has 0 atom stereocenters. The maximum absolute atomic E-state index is 11.7. The number of hydrogen-bond acceptors (Lipinski definition) is 9. The molecule has 0 bridgehead atoms. The van der Waals surface area contributed by atoms with E-state index in [1.54, 1.807) is 24.3 Å². The van der Waals surface area contributed by atoms with Crippen molar-refractivity contribution in [2.24, 2.45) is 15.9 Å². The highest BCUT2D eigenvalue weighted by molar-refractivity contribution is 6.37. The Balaban J connectivity index is 1.66. The molecular weight excluding hydrogens is 468 g/mol. The molecule has 1 aliphatic carbocycles. The Kier molecular flexibility index (Phi) is 6.98. The lowest BCUT2D eigenvalue weighted by Gasteiger charge is -2.17. The lowest BCUT2D eigenvalue weighted by Crippen LogP contribution is -2.32. The normalized spacial score (nSPS) is 14.8. The van der Waals surface area contributed by atoms with E-state index in [2.05, 4.69) is 57.2 Å². The Labute approximate surface area is 215 Å². The van der Waals surface area contributed by atoms with Crippen molar-refractivity contribution in [3.05, 3.63) is 71.2 Å². The molecule has 37 heavy (non-hydrogen) atoms. The molecule has 0 amide bonds. The largest absolute Gasteiger partial charge is 0.480 e. The lowest BCUT2D eigenvalue weighted by atomic mass is 9.91. The third kappa shape index (κ3) is 5.95. The average Bonchev–Trinajstić information content (AvgIpc) is 3.67. The summed E-state index contributed by atoms with van der Waals surface area (Å²) in [6, 6.07) is 16.6. The number of aromatic nitrogens is 3. The molecule has 1 saturated carbocycles. The molecule has 10 nitrogen and oxygen atoms in total. The SMILES string of the molecule is CC(C)(C)c1cccc(CN=CC(=NN)c2cc(-c3cccc(C#N)c3)nc(NC3(C(=O)O)CC3)n2)n1. The van der Waals surface area contributed by atoms with Gasteiger partial charge in [0.1, 0.15) is 11.3 Å². The number of hydrogen-bond donors (Lipinski definition) is 3. The molecule has 0 aliphatic heterocycles. The predicted molar refractivity (Wildman–Crippen MR) is 141 cm³/mol. The maximum Gasteiger partial charge on any atom is 0.329 e. The van der Waals surface area contributed by atoms with Gasteiger partial charge in [0.25, 0.3) is 0 Å². The molecule has 1 aromatic carbocycles. The zero-order valence-corrected chi connectivity index (χ0v) is 20.9. The Morgan fingerprint density at radius 2 is 1.95 bits per heavy atom. The first-order valence-corrected chi connectivity index (χ1v) is 11.8. The standard InChI is InChI=1S/C27H28N8O2/c1-26(2,3)23-9-5-8-19(31-23)15-30-16-22(35-29)21-13-20(18-7-4-6-17(12-18)14-28)32-25(33-21)34-27(10-11-27)24(36)37/h4-9,12-13,16H,10-11,15,29H2,1-3H3,(H,36,37)(H,32,33,34). The number of nitrogens with zero attached hydrogens (tertiary/aromatic N) is 6. The number of benzene rings is 1. The molecule has 10 heteroatoms. The number of rotatable bonds is 8. The molecule has 188 valence electrons. The molecule has 1 aliphatic rings. The summed E-state index contributed by atoms with van der Waals surface area (Å²) in [4.78, 5) is 29.9. The van der Waals surface area contributed by atoms with Crippen molar-refractivity contribution in [1.29, 1.82) is 5.26 Å². The first kappa shape index (κ1) is 25.4. The van der Waals surface area contributed by atoms with Crippen molar-refractivity contribution in [1.82, 2.24) is 15.0 Å². The third-order valence-electron chi connectivity index (χ3n) is 5.97. The summed E-state index contributed by atoms with van der Waals surface area (Å²) in [5.41, 5.74) is 2.86. The molecule has 2 aromatic heterocycles. The summed E-state index contributed by atoms with van der Waals surface area (Å²) in [7, 11) is 0. The van der Waals surface area contributed by atoms with Gasteiger partial charge >= 0.3 is 5.97 Å². The first-order valence-electron chi connectivity index (χ1n) is 11.8. The smallest absolute Gasteiger partial charge is 0.329 e. The summed E-state index contributed by atoms with van der Waals surface area (Å²) in [5, 5.41) is 25.7. The number of hydrazone groups is 1. The van der Waals surface area contributed by atoms with Gasteiger partial charge in [-0.25, -0.2) is 14.8 Å². The van der Waals surface area contributed by atoms with E-state index in [4.69, 9.17) is 5.84 Å². The van der Waals surface area contributed by atoms with E-state index in [0.717, 1.165) is 11.4 Å². The number of carboxylic acids is 1. The monoisotopic (exact) mass is 496 g/mol. The van der Waals surface area contributed by atoms with Crippen molar-refractivity contribution in [2.45, 2.75) is 51.1 Å². The summed E-state index contributed by atoms with van der Waals surface area (Å²) in [6.45, 7) is 6.62. The molecule has 3 aromatic rings. The van der Waals surface area contributed by atoms with Crippen LogP contribution >= 0.6 is 0 Å². The molecular formula is C27H28N8O2. The molecule has 0 unspecified atom stereocenters. The van der Waals surface area contributed by atoms with Crippen LogP contribution in [0.5, 0.6) is 0 Å². The van der Waals surface area contributed by atoms with Crippen LogP contribution in [-0.4, -0.2) is 43.5 Å². The maximum atomic E-state index is 11.7. The Morgan fingerprint density at radius 3 is 2.59 bits per heavy atom. The van der Waals surface area contributed by atoms with E-state index in [1.165, 1.54) is 6.21 Å². The number of pyridine rings is 1. The van der Waals surface area contributed by atoms with Gasteiger partial charge in [-0.2, -0.15) is 10.4 Å². The zero-order chi connectivity index (χ0) is 26.6. The number of nitriles is 1. The zero-order valence-electron chi connectivity index (χ0n) is 20.9. The highest BCUT2D eigenvalue weighted by Crippen LogP contribution is 2.38. The Morgan fingerprint density at radius 1 is 1.19 bits per heavy atom. The van der Waals surface area contributed by atoms with Crippen molar-refractivity contribution in [3.8, 4) is 17.3 Å². The number of nitrogens with two attached hydrogens (primary N) is 1. The minimum Gasteiger partial charge on any atom is -0.480 e. The molecule has 0 radical (unpaired) electrons. The number of aliphatic carboxylic acids is 1. The van der Waals surface area contributed by atoms with Gasteiger partial charge in [0, 0.05) is 16.7 Å². The fourth-order valence-corrected chi connectivity index (χ4v) is 3.64. The molecule has 0 saturated heterocycles. The van der Waals surface area contributed by atoms with Crippen LogP contribution in [0.4, 0.5) is 5.95 Å². The minimum atomic E-state index is -1.09. The Bertz CT molecular complexity index is 1430.